The number of thiazole rings is 1. The number of hydrogen-bond donors (Lipinski definition) is 2. The molecule has 1 fully saturated rings. The normalized spacial score (nSPS) is 16.6. The van der Waals surface area contributed by atoms with Gasteiger partial charge in [0.05, 0.1) is 18.2 Å². The SMILES string of the molecule is CCOC(=O)c1scnc1NC(N)=NC1CCCC1. The van der Waals surface area contributed by atoms with E-state index in [1.54, 1.807) is 12.4 Å². The minimum atomic E-state index is -0.388. The number of aliphatic imine (C=N–C) groups is 1. The monoisotopic (exact) mass is 282 g/mol. The molecule has 0 bridgehead atoms. The fourth-order valence-corrected chi connectivity index (χ4v) is 2.69. The zero-order valence-electron chi connectivity index (χ0n) is 10.9. The highest BCUT2D eigenvalue weighted by Crippen LogP contribution is 2.22. The summed E-state index contributed by atoms with van der Waals surface area (Å²) in [6, 6.07) is 0.289. The lowest BCUT2D eigenvalue weighted by molar-refractivity contribution is 0.0533. The summed E-state index contributed by atoms with van der Waals surface area (Å²) in [6.45, 7) is 2.10. The molecule has 0 radical (unpaired) electrons. The first-order valence-corrected chi connectivity index (χ1v) is 7.29. The number of esters is 1. The number of anilines is 1. The third kappa shape index (κ3) is 3.66. The first kappa shape index (κ1) is 13.8. The van der Waals surface area contributed by atoms with Gasteiger partial charge in [-0.2, -0.15) is 0 Å². The van der Waals surface area contributed by atoms with Crippen LogP contribution in [-0.2, 0) is 4.74 Å². The van der Waals surface area contributed by atoms with Gasteiger partial charge in [-0.15, -0.1) is 11.3 Å². The van der Waals surface area contributed by atoms with Crippen LogP contribution in [0.3, 0.4) is 0 Å². The van der Waals surface area contributed by atoms with E-state index >= 15 is 0 Å². The maximum atomic E-state index is 11.7. The predicted octanol–water partition coefficient (Wildman–Crippen LogP) is 1.99. The van der Waals surface area contributed by atoms with E-state index in [0.717, 1.165) is 12.8 Å². The Hall–Kier alpha value is -1.63. The Balaban J connectivity index is 2.02. The van der Waals surface area contributed by atoms with Gasteiger partial charge in [-0.3, -0.25) is 0 Å². The number of aromatic nitrogens is 1. The molecule has 1 heterocycles. The Bertz CT molecular complexity index is 466. The zero-order valence-corrected chi connectivity index (χ0v) is 11.7. The van der Waals surface area contributed by atoms with Crippen molar-refractivity contribution in [2.45, 2.75) is 38.6 Å². The molecule has 2 rings (SSSR count). The molecule has 7 heteroatoms. The van der Waals surface area contributed by atoms with Crippen molar-refractivity contribution in [1.82, 2.24) is 4.98 Å². The zero-order chi connectivity index (χ0) is 13.7. The molecule has 0 aliphatic heterocycles. The second kappa shape index (κ2) is 6.51. The average Bonchev–Trinajstić information content (AvgIpc) is 3.00. The van der Waals surface area contributed by atoms with Crippen LogP contribution in [0.15, 0.2) is 10.5 Å². The lowest BCUT2D eigenvalue weighted by atomic mass is 10.3. The van der Waals surface area contributed by atoms with Crippen LogP contribution >= 0.6 is 11.3 Å². The molecule has 19 heavy (non-hydrogen) atoms. The number of rotatable bonds is 4. The minimum absolute atomic E-state index is 0.289. The van der Waals surface area contributed by atoms with Crippen molar-refractivity contribution in [1.29, 1.82) is 0 Å². The highest BCUT2D eigenvalue weighted by atomic mass is 32.1. The van der Waals surface area contributed by atoms with Gasteiger partial charge in [0.2, 0.25) is 0 Å². The van der Waals surface area contributed by atoms with Crippen molar-refractivity contribution >= 4 is 29.1 Å². The molecule has 0 saturated heterocycles. The summed E-state index contributed by atoms with van der Waals surface area (Å²) in [5.41, 5.74) is 7.42. The third-order valence-corrected chi connectivity index (χ3v) is 3.73. The largest absolute Gasteiger partial charge is 0.462 e. The number of guanidine groups is 1. The van der Waals surface area contributed by atoms with E-state index in [9.17, 15) is 4.79 Å². The standard InChI is InChI=1S/C12H18N4O2S/c1-2-18-11(17)9-10(14-7-19-9)16-12(13)15-8-5-3-4-6-8/h7-8H,2-6H2,1H3,(H3,13,15,16). The summed E-state index contributed by atoms with van der Waals surface area (Å²) >= 11 is 1.22. The lowest BCUT2D eigenvalue weighted by Gasteiger charge is -2.07. The molecule has 0 spiro atoms. The van der Waals surface area contributed by atoms with Gasteiger partial charge in [0.15, 0.2) is 16.7 Å². The minimum Gasteiger partial charge on any atom is -0.462 e. The van der Waals surface area contributed by atoms with Crippen molar-refractivity contribution in [2.24, 2.45) is 10.7 Å². The van der Waals surface area contributed by atoms with Crippen LogP contribution in [0.25, 0.3) is 0 Å². The number of carbonyl (C=O) groups is 1. The summed E-state index contributed by atoms with van der Waals surface area (Å²) in [5, 5.41) is 2.88. The highest BCUT2D eigenvalue weighted by Gasteiger charge is 2.18. The molecule has 1 aliphatic rings. The Morgan fingerprint density at radius 1 is 1.63 bits per heavy atom. The van der Waals surface area contributed by atoms with Gasteiger partial charge in [0, 0.05) is 0 Å². The van der Waals surface area contributed by atoms with E-state index in [1.807, 2.05) is 0 Å². The van der Waals surface area contributed by atoms with E-state index in [-0.39, 0.29) is 12.0 Å². The topological polar surface area (TPSA) is 89.6 Å². The molecular weight excluding hydrogens is 264 g/mol. The van der Waals surface area contributed by atoms with Crippen molar-refractivity contribution < 1.29 is 9.53 Å². The molecule has 3 N–H and O–H groups in total. The van der Waals surface area contributed by atoms with E-state index in [4.69, 9.17) is 10.5 Å². The van der Waals surface area contributed by atoms with Crippen LogP contribution in [0.1, 0.15) is 42.3 Å². The first-order chi connectivity index (χ1) is 9.20. The molecule has 6 nitrogen and oxygen atoms in total. The molecule has 0 unspecified atom stereocenters. The lowest BCUT2D eigenvalue weighted by Crippen LogP contribution is -2.25. The fourth-order valence-electron chi connectivity index (χ4n) is 2.06. The molecule has 1 saturated carbocycles. The number of nitrogens with two attached hydrogens (primary N) is 1. The van der Waals surface area contributed by atoms with E-state index < -0.39 is 0 Å². The summed E-state index contributed by atoms with van der Waals surface area (Å²) in [7, 11) is 0. The Kier molecular flexibility index (Phi) is 4.73. The van der Waals surface area contributed by atoms with Crippen molar-refractivity contribution in [3.05, 3.63) is 10.4 Å². The van der Waals surface area contributed by atoms with Crippen LogP contribution in [0.5, 0.6) is 0 Å². The molecule has 1 aliphatic carbocycles. The molecule has 0 aromatic carbocycles. The number of ether oxygens (including phenoxy) is 1. The van der Waals surface area contributed by atoms with Gasteiger partial charge < -0.3 is 15.8 Å². The van der Waals surface area contributed by atoms with Crippen molar-refractivity contribution in [2.75, 3.05) is 11.9 Å². The van der Waals surface area contributed by atoms with Crippen LogP contribution in [0.2, 0.25) is 0 Å². The summed E-state index contributed by atoms with van der Waals surface area (Å²) in [6.07, 6.45) is 4.55. The fraction of sp³-hybridized carbons (Fsp3) is 0.583. The summed E-state index contributed by atoms with van der Waals surface area (Å²) < 4.78 is 4.95. The Labute approximate surface area is 116 Å². The molecule has 1 aromatic heterocycles. The molecular formula is C12H18N4O2S. The summed E-state index contributed by atoms with van der Waals surface area (Å²) in [4.78, 5) is 20.6. The van der Waals surface area contributed by atoms with Crippen LogP contribution < -0.4 is 11.1 Å². The number of hydrogen-bond acceptors (Lipinski definition) is 5. The molecule has 1 aromatic rings. The molecule has 0 atom stereocenters. The van der Waals surface area contributed by atoms with Gasteiger partial charge in [0.1, 0.15) is 0 Å². The molecule has 0 amide bonds. The van der Waals surface area contributed by atoms with Gasteiger partial charge >= 0.3 is 5.97 Å². The molecule has 104 valence electrons. The number of nitrogens with one attached hydrogen (secondary N) is 1. The second-order valence-corrected chi connectivity index (χ2v) is 5.18. The highest BCUT2D eigenvalue weighted by molar-refractivity contribution is 7.12. The summed E-state index contributed by atoms with van der Waals surface area (Å²) in [5.74, 6) is 0.340. The van der Waals surface area contributed by atoms with Crippen LogP contribution in [0.4, 0.5) is 5.82 Å². The van der Waals surface area contributed by atoms with Crippen LogP contribution in [-0.4, -0.2) is 29.6 Å². The quantitative estimate of drug-likeness (QED) is 0.501. The maximum absolute atomic E-state index is 11.7. The smallest absolute Gasteiger partial charge is 0.352 e. The average molecular weight is 282 g/mol. The van der Waals surface area contributed by atoms with Crippen molar-refractivity contribution in [3.63, 3.8) is 0 Å². The van der Waals surface area contributed by atoms with Crippen LogP contribution in [0, 0.1) is 0 Å². The van der Waals surface area contributed by atoms with E-state index in [0.29, 0.717) is 23.3 Å². The van der Waals surface area contributed by atoms with Gasteiger partial charge in [-0.25, -0.2) is 14.8 Å². The van der Waals surface area contributed by atoms with E-state index in [2.05, 4.69) is 15.3 Å². The third-order valence-electron chi connectivity index (χ3n) is 2.92. The van der Waals surface area contributed by atoms with Crippen molar-refractivity contribution in [3.8, 4) is 0 Å². The predicted molar refractivity (Wildman–Crippen MR) is 75.6 cm³/mol. The maximum Gasteiger partial charge on any atom is 0.352 e. The van der Waals surface area contributed by atoms with Gasteiger partial charge in [0.25, 0.3) is 0 Å². The number of nitrogens with zero attached hydrogens (tertiary/aromatic N) is 2. The first-order valence-electron chi connectivity index (χ1n) is 6.41. The van der Waals surface area contributed by atoms with Gasteiger partial charge in [-0.05, 0) is 19.8 Å². The Morgan fingerprint density at radius 2 is 2.37 bits per heavy atom. The number of carbonyl (C=O) groups excluding carboxylic acids is 1. The van der Waals surface area contributed by atoms with E-state index in [1.165, 1.54) is 24.2 Å². The van der Waals surface area contributed by atoms with Gasteiger partial charge in [-0.1, -0.05) is 12.8 Å². The second-order valence-electron chi connectivity index (χ2n) is 4.33. The Morgan fingerprint density at radius 3 is 3.05 bits per heavy atom.